The van der Waals surface area contributed by atoms with Crippen molar-refractivity contribution in [2.24, 2.45) is 0 Å². The first-order valence-corrected chi connectivity index (χ1v) is 5.87. The first-order valence-electron chi connectivity index (χ1n) is 5.87. The minimum absolute atomic E-state index is 0.165. The summed E-state index contributed by atoms with van der Waals surface area (Å²) in [4.78, 5) is 11.8. The molecular formula is C15H11FN2O2. The molecule has 0 radical (unpaired) electrons. The highest BCUT2D eigenvalue weighted by Crippen LogP contribution is 2.11. The van der Waals surface area contributed by atoms with Gasteiger partial charge in [-0.1, -0.05) is 18.2 Å². The maximum atomic E-state index is 13.5. The lowest BCUT2D eigenvalue weighted by atomic mass is 10.1. The highest BCUT2D eigenvalue weighted by atomic mass is 19.1. The van der Waals surface area contributed by atoms with Crippen LogP contribution >= 0.6 is 0 Å². The zero-order valence-corrected chi connectivity index (χ0v) is 10.5. The van der Waals surface area contributed by atoms with E-state index in [2.05, 4.69) is 5.32 Å². The Morgan fingerprint density at radius 1 is 1.35 bits per heavy atom. The Bertz CT molecular complexity index is 669. The van der Waals surface area contributed by atoms with E-state index in [9.17, 15) is 9.18 Å². The van der Waals surface area contributed by atoms with Crippen LogP contribution in [0.4, 0.5) is 4.39 Å². The highest BCUT2D eigenvalue weighted by molar-refractivity contribution is 6.01. The van der Waals surface area contributed by atoms with Gasteiger partial charge in [0.05, 0.1) is 12.8 Å². The van der Waals surface area contributed by atoms with Gasteiger partial charge in [-0.3, -0.25) is 4.79 Å². The number of carbonyl (C=O) groups excluding carboxylic acids is 1. The number of halogens is 1. The van der Waals surface area contributed by atoms with Crippen LogP contribution in [0, 0.1) is 17.1 Å². The van der Waals surface area contributed by atoms with Gasteiger partial charge >= 0.3 is 0 Å². The van der Waals surface area contributed by atoms with Crippen LogP contribution in [-0.4, -0.2) is 5.91 Å². The largest absolute Gasteiger partial charge is 0.467 e. The molecule has 1 heterocycles. The summed E-state index contributed by atoms with van der Waals surface area (Å²) >= 11 is 0. The number of carbonyl (C=O) groups is 1. The van der Waals surface area contributed by atoms with Gasteiger partial charge < -0.3 is 9.73 Å². The molecule has 5 heteroatoms. The number of nitrogens with one attached hydrogen (secondary N) is 1. The molecule has 0 unspecified atom stereocenters. The Balaban J connectivity index is 2.10. The smallest absolute Gasteiger partial charge is 0.262 e. The summed E-state index contributed by atoms with van der Waals surface area (Å²) in [5.74, 6) is -0.493. The molecule has 100 valence electrons. The van der Waals surface area contributed by atoms with E-state index in [1.165, 1.54) is 30.5 Å². The van der Waals surface area contributed by atoms with Gasteiger partial charge in [0, 0.05) is 5.56 Å². The van der Waals surface area contributed by atoms with E-state index >= 15 is 0 Å². The summed E-state index contributed by atoms with van der Waals surface area (Å²) in [6.07, 6.45) is 2.70. The Kier molecular flexibility index (Phi) is 4.30. The summed E-state index contributed by atoms with van der Waals surface area (Å²) in [5, 5.41) is 11.5. The highest BCUT2D eigenvalue weighted by Gasteiger charge is 2.10. The van der Waals surface area contributed by atoms with Gasteiger partial charge in [-0.25, -0.2) is 4.39 Å². The predicted molar refractivity (Wildman–Crippen MR) is 70.5 cm³/mol. The van der Waals surface area contributed by atoms with E-state index in [1.54, 1.807) is 24.3 Å². The van der Waals surface area contributed by atoms with Crippen molar-refractivity contribution in [3.63, 3.8) is 0 Å². The molecule has 0 saturated carbocycles. The van der Waals surface area contributed by atoms with E-state index in [1.807, 2.05) is 0 Å². The summed E-state index contributed by atoms with van der Waals surface area (Å²) < 4.78 is 18.5. The maximum absolute atomic E-state index is 13.5. The monoisotopic (exact) mass is 270 g/mol. The van der Waals surface area contributed by atoms with E-state index in [0.717, 1.165) is 0 Å². The number of hydrogen-bond donors (Lipinski definition) is 1. The molecule has 0 saturated heterocycles. The van der Waals surface area contributed by atoms with E-state index in [-0.39, 0.29) is 17.7 Å². The number of amides is 1. The van der Waals surface area contributed by atoms with Crippen molar-refractivity contribution >= 4 is 12.0 Å². The molecule has 0 fully saturated rings. The molecule has 20 heavy (non-hydrogen) atoms. The second kappa shape index (κ2) is 6.34. The average molecular weight is 270 g/mol. The lowest BCUT2D eigenvalue weighted by Crippen LogP contribution is -2.23. The third-order valence-electron chi connectivity index (χ3n) is 2.57. The quantitative estimate of drug-likeness (QED) is 0.686. The molecule has 1 aromatic heterocycles. The van der Waals surface area contributed by atoms with Crippen LogP contribution in [0.5, 0.6) is 0 Å². The second-order valence-electron chi connectivity index (χ2n) is 3.95. The number of furan rings is 1. The first-order chi connectivity index (χ1) is 9.70. The van der Waals surface area contributed by atoms with Gasteiger partial charge in [-0.2, -0.15) is 5.26 Å². The summed E-state index contributed by atoms with van der Waals surface area (Å²) in [5.41, 5.74) is 0.0267. The van der Waals surface area contributed by atoms with E-state index < -0.39 is 11.7 Å². The summed E-state index contributed by atoms with van der Waals surface area (Å²) in [6, 6.07) is 11.1. The SMILES string of the molecule is N#C/C(=C/c1ccccc1F)C(=O)NCc1ccco1. The molecule has 2 aromatic rings. The molecule has 1 amide bonds. The Morgan fingerprint density at radius 3 is 2.80 bits per heavy atom. The summed E-state index contributed by atoms with van der Waals surface area (Å²) in [7, 11) is 0. The van der Waals surface area contributed by atoms with Gasteiger partial charge in [0.2, 0.25) is 0 Å². The van der Waals surface area contributed by atoms with Crippen molar-refractivity contribution in [3.8, 4) is 6.07 Å². The predicted octanol–water partition coefficient (Wildman–Crippen LogP) is 2.64. The molecule has 0 aliphatic heterocycles. The van der Waals surface area contributed by atoms with Gasteiger partial charge in [0.15, 0.2) is 0 Å². The topological polar surface area (TPSA) is 66.0 Å². The minimum Gasteiger partial charge on any atom is -0.467 e. The molecule has 2 rings (SSSR count). The fourth-order valence-corrected chi connectivity index (χ4v) is 1.57. The van der Waals surface area contributed by atoms with Crippen molar-refractivity contribution in [1.82, 2.24) is 5.32 Å². The molecule has 0 bridgehead atoms. The van der Waals surface area contributed by atoms with Crippen molar-refractivity contribution in [2.75, 3.05) is 0 Å². The number of rotatable bonds is 4. The first kappa shape index (κ1) is 13.6. The molecule has 0 atom stereocenters. The van der Waals surface area contributed by atoms with Crippen molar-refractivity contribution < 1.29 is 13.6 Å². The van der Waals surface area contributed by atoms with Crippen LogP contribution in [0.3, 0.4) is 0 Å². The van der Waals surface area contributed by atoms with Crippen LogP contribution in [0.2, 0.25) is 0 Å². The van der Waals surface area contributed by atoms with Crippen LogP contribution in [-0.2, 0) is 11.3 Å². The molecule has 4 nitrogen and oxygen atoms in total. The number of benzene rings is 1. The molecule has 1 N–H and O–H groups in total. The minimum atomic E-state index is -0.577. The van der Waals surface area contributed by atoms with Crippen molar-refractivity contribution in [1.29, 1.82) is 5.26 Å². The Morgan fingerprint density at radius 2 is 2.15 bits per heavy atom. The lowest BCUT2D eigenvalue weighted by molar-refractivity contribution is -0.117. The molecule has 0 aliphatic rings. The molecular weight excluding hydrogens is 259 g/mol. The van der Waals surface area contributed by atoms with Crippen LogP contribution in [0.1, 0.15) is 11.3 Å². The van der Waals surface area contributed by atoms with Gasteiger partial charge in [0.25, 0.3) is 5.91 Å². The summed E-state index contributed by atoms with van der Waals surface area (Å²) in [6.45, 7) is 0.169. The molecule has 0 spiro atoms. The fourth-order valence-electron chi connectivity index (χ4n) is 1.57. The molecule has 0 aliphatic carbocycles. The Labute approximate surface area is 115 Å². The number of hydrogen-bond acceptors (Lipinski definition) is 3. The van der Waals surface area contributed by atoms with Crippen molar-refractivity contribution in [2.45, 2.75) is 6.54 Å². The maximum Gasteiger partial charge on any atom is 0.262 e. The van der Waals surface area contributed by atoms with E-state index in [4.69, 9.17) is 9.68 Å². The zero-order valence-electron chi connectivity index (χ0n) is 10.5. The van der Waals surface area contributed by atoms with Gasteiger partial charge in [-0.15, -0.1) is 0 Å². The number of nitrogens with zero attached hydrogens (tertiary/aromatic N) is 1. The normalized spacial score (nSPS) is 10.9. The zero-order chi connectivity index (χ0) is 14.4. The lowest BCUT2D eigenvalue weighted by Gasteiger charge is -2.02. The van der Waals surface area contributed by atoms with Crippen LogP contribution in [0.25, 0.3) is 6.08 Å². The average Bonchev–Trinajstić information content (AvgIpc) is 2.97. The second-order valence-corrected chi connectivity index (χ2v) is 3.95. The third-order valence-corrected chi connectivity index (χ3v) is 2.57. The van der Waals surface area contributed by atoms with E-state index in [0.29, 0.717) is 5.76 Å². The van der Waals surface area contributed by atoms with Gasteiger partial charge in [0.1, 0.15) is 23.2 Å². The molecule has 1 aromatic carbocycles. The standard InChI is InChI=1S/C15H11FN2O2/c16-14-6-2-1-4-11(14)8-12(9-17)15(19)18-10-13-5-3-7-20-13/h1-8H,10H2,(H,18,19)/b12-8-. The van der Waals surface area contributed by atoms with Crippen LogP contribution < -0.4 is 5.32 Å². The third kappa shape index (κ3) is 3.33. The van der Waals surface area contributed by atoms with Crippen LogP contribution in [0.15, 0.2) is 52.7 Å². The number of nitriles is 1. The van der Waals surface area contributed by atoms with Gasteiger partial charge in [-0.05, 0) is 24.3 Å². The Hall–Kier alpha value is -2.87. The van der Waals surface area contributed by atoms with Crippen molar-refractivity contribution in [3.05, 3.63) is 65.4 Å². The fraction of sp³-hybridized carbons (Fsp3) is 0.0667.